The predicted molar refractivity (Wildman–Crippen MR) is 71.3 cm³/mol. The van der Waals surface area contributed by atoms with Gasteiger partial charge in [-0.2, -0.15) is 17.4 Å². The Bertz CT molecular complexity index is 349. The first-order chi connectivity index (χ1) is 8.26. The van der Waals surface area contributed by atoms with E-state index >= 15 is 0 Å². The fourth-order valence-electron chi connectivity index (χ4n) is 2.05. The van der Waals surface area contributed by atoms with E-state index in [1.165, 1.54) is 4.31 Å². The van der Waals surface area contributed by atoms with E-state index in [-0.39, 0.29) is 24.2 Å². The van der Waals surface area contributed by atoms with E-state index in [0.29, 0.717) is 19.6 Å². The summed E-state index contributed by atoms with van der Waals surface area (Å²) in [5.41, 5.74) is 5.59. The maximum Gasteiger partial charge on any atom is 0.279 e. The number of rotatable bonds is 5. The van der Waals surface area contributed by atoms with Crippen LogP contribution in [-0.4, -0.2) is 50.6 Å². The molecule has 6 nitrogen and oxygen atoms in total. The smallest absolute Gasteiger partial charge is 0.279 e. The van der Waals surface area contributed by atoms with Crippen molar-refractivity contribution >= 4 is 10.2 Å². The zero-order chi connectivity index (χ0) is 13.9. The Labute approximate surface area is 110 Å². The van der Waals surface area contributed by atoms with E-state index in [4.69, 9.17) is 10.5 Å². The van der Waals surface area contributed by atoms with Crippen molar-refractivity contribution < 1.29 is 13.2 Å². The standard InChI is InChI=1S/C11H25N3O3S/c1-8(2)11(5-12)13-18(15,16)14-6-9(3)17-10(4)7-14/h8-11,13H,5-7,12H2,1-4H3. The van der Waals surface area contributed by atoms with Gasteiger partial charge < -0.3 is 10.5 Å². The predicted octanol–water partition coefficient (Wildman–Crippen LogP) is -0.0867. The normalized spacial score (nSPS) is 28.6. The maximum atomic E-state index is 12.3. The third kappa shape index (κ3) is 4.17. The number of hydrogen-bond acceptors (Lipinski definition) is 4. The first kappa shape index (κ1) is 15.8. The molecule has 3 atom stereocenters. The lowest BCUT2D eigenvalue weighted by Crippen LogP contribution is -2.55. The van der Waals surface area contributed by atoms with Crippen LogP contribution in [0.1, 0.15) is 27.7 Å². The SMILES string of the molecule is CC1CN(S(=O)(=O)NC(CN)C(C)C)CC(C)O1. The Balaban J connectivity index is 2.73. The molecule has 3 unspecified atom stereocenters. The monoisotopic (exact) mass is 279 g/mol. The summed E-state index contributed by atoms with van der Waals surface area (Å²) in [6, 6.07) is -0.233. The van der Waals surface area contributed by atoms with Crippen LogP contribution in [0.2, 0.25) is 0 Å². The van der Waals surface area contributed by atoms with Gasteiger partial charge in [0.2, 0.25) is 0 Å². The lowest BCUT2D eigenvalue weighted by Gasteiger charge is -2.35. The van der Waals surface area contributed by atoms with Crippen molar-refractivity contribution in [2.24, 2.45) is 11.7 Å². The summed E-state index contributed by atoms with van der Waals surface area (Å²) < 4.78 is 34.2. The number of nitrogens with two attached hydrogens (primary N) is 1. The van der Waals surface area contributed by atoms with Gasteiger partial charge >= 0.3 is 0 Å². The minimum atomic E-state index is -3.48. The number of morpholine rings is 1. The molecule has 1 saturated heterocycles. The zero-order valence-corrected chi connectivity index (χ0v) is 12.4. The van der Waals surface area contributed by atoms with Crippen LogP contribution in [0.5, 0.6) is 0 Å². The third-order valence-electron chi connectivity index (χ3n) is 3.08. The van der Waals surface area contributed by atoms with Crippen LogP contribution in [0.25, 0.3) is 0 Å². The topological polar surface area (TPSA) is 84.7 Å². The van der Waals surface area contributed by atoms with Gasteiger partial charge in [-0.05, 0) is 19.8 Å². The Morgan fingerprint density at radius 2 is 1.83 bits per heavy atom. The van der Waals surface area contributed by atoms with Gasteiger partial charge in [0, 0.05) is 25.7 Å². The van der Waals surface area contributed by atoms with Gasteiger partial charge in [0.15, 0.2) is 0 Å². The fourth-order valence-corrected chi connectivity index (χ4v) is 3.76. The van der Waals surface area contributed by atoms with Gasteiger partial charge in [-0.15, -0.1) is 0 Å². The molecule has 0 aliphatic carbocycles. The van der Waals surface area contributed by atoms with Crippen LogP contribution in [0.15, 0.2) is 0 Å². The summed E-state index contributed by atoms with van der Waals surface area (Å²) in [6.07, 6.45) is -0.165. The minimum absolute atomic E-state index is 0.0827. The van der Waals surface area contributed by atoms with E-state index in [1.54, 1.807) is 0 Å². The third-order valence-corrected chi connectivity index (χ3v) is 4.66. The average Bonchev–Trinajstić information content (AvgIpc) is 2.24. The molecule has 0 saturated carbocycles. The van der Waals surface area contributed by atoms with Gasteiger partial charge in [0.25, 0.3) is 10.2 Å². The highest BCUT2D eigenvalue weighted by Crippen LogP contribution is 2.14. The van der Waals surface area contributed by atoms with Crippen molar-refractivity contribution in [3.8, 4) is 0 Å². The second-order valence-corrected chi connectivity index (χ2v) is 6.99. The van der Waals surface area contributed by atoms with Gasteiger partial charge in [0.05, 0.1) is 12.2 Å². The van der Waals surface area contributed by atoms with Crippen molar-refractivity contribution in [3.63, 3.8) is 0 Å². The Morgan fingerprint density at radius 3 is 2.22 bits per heavy atom. The summed E-state index contributed by atoms with van der Waals surface area (Å²) in [5.74, 6) is 0.167. The van der Waals surface area contributed by atoms with E-state index in [9.17, 15) is 8.42 Å². The highest BCUT2D eigenvalue weighted by molar-refractivity contribution is 7.87. The molecule has 0 bridgehead atoms. The van der Waals surface area contributed by atoms with E-state index in [2.05, 4.69) is 4.72 Å². The van der Waals surface area contributed by atoms with E-state index < -0.39 is 10.2 Å². The van der Waals surface area contributed by atoms with Crippen LogP contribution in [-0.2, 0) is 14.9 Å². The Kier molecular flexibility index (Phi) is 5.54. The van der Waals surface area contributed by atoms with E-state index in [1.807, 2.05) is 27.7 Å². The molecule has 0 aromatic carbocycles. The molecule has 1 aliphatic heterocycles. The molecule has 1 fully saturated rings. The van der Waals surface area contributed by atoms with Crippen LogP contribution in [0.3, 0.4) is 0 Å². The molecule has 0 aromatic rings. The minimum Gasteiger partial charge on any atom is -0.373 e. The quantitative estimate of drug-likeness (QED) is 0.737. The van der Waals surface area contributed by atoms with Gasteiger partial charge in [-0.25, -0.2) is 0 Å². The summed E-state index contributed by atoms with van der Waals surface area (Å²) in [6.45, 7) is 8.72. The molecule has 18 heavy (non-hydrogen) atoms. The second kappa shape index (κ2) is 6.29. The Morgan fingerprint density at radius 1 is 1.33 bits per heavy atom. The maximum absolute atomic E-state index is 12.3. The van der Waals surface area contributed by atoms with Crippen molar-refractivity contribution in [2.75, 3.05) is 19.6 Å². The fraction of sp³-hybridized carbons (Fsp3) is 1.00. The molecule has 7 heteroatoms. The van der Waals surface area contributed by atoms with Gasteiger partial charge in [-0.3, -0.25) is 0 Å². The van der Waals surface area contributed by atoms with Gasteiger partial charge in [-0.1, -0.05) is 13.8 Å². The van der Waals surface area contributed by atoms with Crippen molar-refractivity contribution in [3.05, 3.63) is 0 Å². The Hall–Kier alpha value is -0.210. The molecule has 1 aliphatic rings. The molecular weight excluding hydrogens is 254 g/mol. The first-order valence-electron chi connectivity index (χ1n) is 6.39. The van der Waals surface area contributed by atoms with Crippen molar-refractivity contribution in [1.29, 1.82) is 0 Å². The van der Waals surface area contributed by atoms with Gasteiger partial charge in [0.1, 0.15) is 0 Å². The van der Waals surface area contributed by atoms with Crippen LogP contribution >= 0.6 is 0 Å². The molecule has 1 heterocycles. The molecule has 1 rings (SSSR count). The summed E-state index contributed by atoms with van der Waals surface area (Å²) in [7, 11) is -3.48. The average molecular weight is 279 g/mol. The molecule has 0 spiro atoms. The number of nitrogens with one attached hydrogen (secondary N) is 1. The molecule has 0 radical (unpaired) electrons. The molecule has 108 valence electrons. The van der Waals surface area contributed by atoms with Crippen molar-refractivity contribution in [2.45, 2.75) is 45.9 Å². The summed E-state index contributed by atoms with van der Waals surface area (Å²) in [5, 5.41) is 0. The summed E-state index contributed by atoms with van der Waals surface area (Å²) >= 11 is 0. The number of ether oxygens (including phenoxy) is 1. The molecule has 3 N–H and O–H groups in total. The van der Waals surface area contributed by atoms with Crippen LogP contribution < -0.4 is 10.5 Å². The number of nitrogens with zero attached hydrogens (tertiary/aromatic N) is 1. The second-order valence-electron chi connectivity index (χ2n) is 5.28. The summed E-state index contributed by atoms with van der Waals surface area (Å²) in [4.78, 5) is 0. The zero-order valence-electron chi connectivity index (χ0n) is 11.6. The van der Waals surface area contributed by atoms with Crippen molar-refractivity contribution in [1.82, 2.24) is 9.03 Å². The molecule has 0 amide bonds. The lowest BCUT2D eigenvalue weighted by atomic mass is 10.1. The molecule has 0 aromatic heterocycles. The number of hydrogen-bond donors (Lipinski definition) is 2. The highest BCUT2D eigenvalue weighted by Gasteiger charge is 2.32. The lowest BCUT2D eigenvalue weighted by molar-refractivity contribution is -0.0444. The van der Waals surface area contributed by atoms with Crippen LogP contribution in [0.4, 0.5) is 0 Å². The highest BCUT2D eigenvalue weighted by atomic mass is 32.2. The van der Waals surface area contributed by atoms with E-state index in [0.717, 1.165) is 0 Å². The largest absolute Gasteiger partial charge is 0.373 e. The first-order valence-corrected chi connectivity index (χ1v) is 7.83. The van der Waals surface area contributed by atoms with Crippen LogP contribution in [0, 0.1) is 5.92 Å². The molecular formula is C11H25N3O3S.